The van der Waals surface area contributed by atoms with Gasteiger partial charge in [-0.2, -0.15) is 18.3 Å². The van der Waals surface area contributed by atoms with Gasteiger partial charge in [0.05, 0.1) is 0 Å². The van der Waals surface area contributed by atoms with Crippen molar-refractivity contribution in [2.24, 2.45) is 5.92 Å². The molecule has 1 N–H and O–H groups in total. The van der Waals surface area contributed by atoms with Crippen molar-refractivity contribution < 1.29 is 13.2 Å². The molecule has 6 heteroatoms. The maximum absolute atomic E-state index is 12.4. The van der Waals surface area contributed by atoms with Crippen molar-refractivity contribution >= 4 is 0 Å². The quantitative estimate of drug-likeness (QED) is 0.903. The van der Waals surface area contributed by atoms with E-state index in [1.807, 2.05) is 7.05 Å². The van der Waals surface area contributed by atoms with Gasteiger partial charge in [0.25, 0.3) is 0 Å². The molecule has 0 spiro atoms. The molecule has 0 radical (unpaired) electrons. The fourth-order valence-electron chi connectivity index (χ4n) is 2.70. The Balaban J connectivity index is 1.89. The maximum Gasteiger partial charge on any atom is 0.435 e. The van der Waals surface area contributed by atoms with Crippen LogP contribution in [-0.4, -0.2) is 22.9 Å². The molecule has 1 heterocycles. The molecule has 0 amide bonds. The third-order valence-electron chi connectivity index (χ3n) is 3.69. The third kappa shape index (κ3) is 3.04. The summed E-state index contributed by atoms with van der Waals surface area (Å²) in [6.07, 6.45) is 1.46. The molecule has 1 aliphatic rings. The van der Waals surface area contributed by atoms with E-state index < -0.39 is 11.9 Å². The summed E-state index contributed by atoms with van der Waals surface area (Å²) in [5.74, 6) is 0.550. The van der Waals surface area contributed by atoms with Crippen molar-refractivity contribution in [1.29, 1.82) is 0 Å². The lowest BCUT2D eigenvalue weighted by Crippen LogP contribution is -2.29. The Morgan fingerprint density at radius 2 is 2.22 bits per heavy atom. The molecule has 1 fully saturated rings. The number of nitrogens with one attached hydrogen (secondary N) is 1. The first kappa shape index (κ1) is 13.4. The standard InChI is InChI=1S/C12H18F3N3/c1-16-10-4-2-3-9(10)5-7-18-8-6-11(17-18)12(13,14)15/h6,8-10,16H,2-5,7H2,1H3. The molecule has 0 bridgehead atoms. The normalized spacial score (nSPS) is 24.7. The van der Waals surface area contributed by atoms with Crippen LogP contribution in [0, 0.1) is 5.92 Å². The summed E-state index contributed by atoms with van der Waals surface area (Å²) in [6.45, 7) is 0.554. The molecule has 1 saturated carbocycles. The maximum atomic E-state index is 12.4. The number of hydrogen-bond donors (Lipinski definition) is 1. The second-order valence-electron chi connectivity index (χ2n) is 4.84. The Morgan fingerprint density at radius 1 is 1.44 bits per heavy atom. The summed E-state index contributed by atoms with van der Waals surface area (Å²) >= 11 is 0. The first-order valence-corrected chi connectivity index (χ1v) is 6.28. The highest BCUT2D eigenvalue weighted by molar-refractivity contribution is 5.03. The summed E-state index contributed by atoms with van der Waals surface area (Å²) in [5.41, 5.74) is -0.806. The van der Waals surface area contributed by atoms with Crippen molar-refractivity contribution in [3.63, 3.8) is 0 Å². The molecular weight excluding hydrogens is 243 g/mol. The van der Waals surface area contributed by atoms with Crippen LogP contribution in [-0.2, 0) is 12.7 Å². The smallest absolute Gasteiger partial charge is 0.317 e. The summed E-state index contributed by atoms with van der Waals surface area (Å²) in [6, 6.07) is 1.53. The third-order valence-corrected chi connectivity index (χ3v) is 3.69. The van der Waals surface area contributed by atoms with E-state index in [2.05, 4.69) is 10.4 Å². The highest BCUT2D eigenvalue weighted by atomic mass is 19.4. The first-order valence-electron chi connectivity index (χ1n) is 6.28. The predicted octanol–water partition coefficient (Wildman–Crippen LogP) is 2.68. The van der Waals surface area contributed by atoms with E-state index in [1.165, 1.54) is 17.3 Å². The van der Waals surface area contributed by atoms with Gasteiger partial charge in [-0.1, -0.05) is 6.42 Å². The van der Waals surface area contributed by atoms with Crippen LogP contribution in [0.2, 0.25) is 0 Å². The van der Waals surface area contributed by atoms with Crippen LogP contribution in [0.5, 0.6) is 0 Å². The Kier molecular flexibility index (Phi) is 3.94. The molecule has 2 rings (SSSR count). The lowest BCUT2D eigenvalue weighted by Gasteiger charge is -2.18. The minimum atomic E-state index is -4.34. The highest BCUT2D eigenvalue weighted by Crippen LogP contribution is 2.29. The number of halogens is 3. The fraction of sp³-hybridized carbons (Fsp3) is 0.750. The number of aryl methyl sites for hydroxylation is 1. The zero-order valence-electron chi connectivity index (χ0n) is 10.4. The van der Waals surface area contributed by atoms with Crippen LogP contribution in [0.4, 0.5) is 13.2 Å². The number of rotatable bonds is 4. The van der Waals surface area contributed by atoms with Crippen molar-refractivity contribution in [2.75, 3.05) is 7.05 Å². The van der Waals surface area contributed by atoms with Gasteiger partial charge in [0.15, 0.2) is 5.69 Å². The van der Waals surface area contributed by atoms with Gasteiger partial charge in [-0.25, -0.2) is 0 Å². The van der Waals surface area contributed by atoms with E-state index in [0.717, 1.165) is 25.3 Å². The number of nitrogens with zero attached hydrogens (tertiary/aromatic N) is 2. The molecule has 3 nitrogen and oxygen atoms in total. The zero-order chi connectivity index (χ0) is 13.2. The summed E-state index contributed by atoms with van der Waals surface area (Å²) in [4.78, 5) is 0. The average Bonchev–Trinajstić information content (AvgIpc) is 2.94. The number of aromatic nitrogens is 2. The molecule has 2 atom stereocenters. The second-order valence-corrected chi connectivity index (χ2v) is 4.84. The van der Waals surface area contributed by atoms with Gasteiger partial charge in [-0.15, -0.1) is 0 Å². The van der Waals surface area contributed by atoms with Crippen LogP contribution in [0.15, 0.2) is 12.3 Å². The second kappa shape index (κ2) is 5.30. The molecule has 0 aliphatic heterocycles. The molecule has 2 unspecified atom stereocenters. The van der Waals surface area contributed by atoms with Gasteiger partial charge in [0, 0.05) is 18.8 Å². The van der Waals surface area contributed by atoms with E-state index >= 15 is 0 Å². The van der Waals surface area contributed by atoms with E-state index in [9.17, 15) is 13.2 Å². The largest absolute Gasteiger partial charge is 0.435 e. The minimum absolute atomic E-state index is 0.502. The molecule has 0 saturated heterocycles. The van der Waals surface area contributed by atoms with Gasteiger partial charge in [0.1, 0.15) is 0 Å². The SMILES string of the molecule is CNC1CCCC1CCn1ccc(C(F)(F)F)n1. The zero-order valence-corrected chi connectivity index (χ0v) is 10.4. The Hall–Kier alpha value is -1.04. The Morgan fingerprint density at radius 3 is 2.83 bits per heavy atom. The molecule has 1 aromatic heterocycles. The lowest BCUT2D eigenvalue weighted by molar-refractivity contribution is -0.141. The number of hydrogen-bond acceptors (Lipinski definition) is 2. The average molecular weight is 261 g/mol. The fourth-order valence-corrected chi connectivity index (χ4v) is 2.70. The van der Waals surface area contributed by atoms with Crippen molar-refractivity contribution in [3.8, 4) is 0 Å². The summed E-state index contributed by atoms with van der Waals surface area (Å²) in [5, 5.41) is 6.83. The van der Waals surface area contributed by atoms with Crippen molar-refractivity contribution in [3.05, 3.63) is 18.0 Å². The van der Waals surface area contributed by atoms with E-state index in [4.69, 9.17) is 0 Å². The van der Waals surface area contributed by atoms with Gasteiger partial charge < -0.3 is 5.32 Å². The van der Waals surface area contributed by atoms with Gasteiger partial charge in [0.2, 0.25) is 0 Å². The van der Waals surface area contributed by atoms with Crippen molar-refractivity contribution in [1.82, 2.24) is 15.1 Å². The monoisotopic (exact) mass is 261 g/mol. The Bertz CT molecular complexity index is 386. The summed E-state index contributed by atoms with van der Waals surface area (Å²) in [7, 11) is 1.94. The van der Waals surface area contributed by atoms with Gasteiger partial charge in [-0.3, -0.25) is 4.68 Å². The van der Waals surface area contributed by atoms with Gasteiger partial charge >= 0.3 is 6.18 Å². The van der Waals surface area contributed by atoms with Crippen molar-refractivity contribution in [2.45, 2.75) is 44.4 Å². The first-order chi connectivity index (χ1) is 8.50. The predicted molar refractivity (Wildman–Crippen MR) is 62.0 cm³/mol. The van der Waals surface area contributed by atoms with E-state index in [1.54, 1.807) is 0 Å². The summed E-state index contributed by atoms with van der Waals surface area (Å²) < 4.78 is 38.5. The molecule has 102 valence electrons. The van der Waals surface area contributed by atoms with Crippen LogP contribution < -0.4 is 5.32 Å². The minimum Gasteiger partial charge on any atom is -0.317 e. The Labute approximate surface area is 104 Å². The van der Waals surface area contributed by atoms with Crippen LogP contribution >= 0.6 is 0 Å². The van der Waals surface area contributed by atoms with Gasteiger partial charge in [-0.05, 0) is 38.3 Å². The number of alkyl halides is 3. The van der Waals surface area contributed by atoms with E-state index in [-0.39, 0.29) is 0 Å². The van der Waals surface area contributed by atoms with E-state index in [0.29, 0.717) is 18.5 Å². The molecule has 1 aliphatic carbocycles. The molecule has 0 aromatic carbocycles. The van der Waals surface area contributed by atoms with Crippen LogP contribution in [0.1, 0.15) is 31.4 Å². The lowest BCUT2D eigenvalue weighted by atomic mass is 10.00. The molecule has 18 heavy (non-hydrogen) atoms. The molecule has 1 aromatic rings. The topological polar surface area (TPSA) is 29.9 Å². The molecular formula is C12H18F3N3. The highest BCUT2D eigenvalue weighted by Gasteiger charge is 2.33. The van der Waals surface area contributed by atoms with Crippen LogP contribution in [0.3, 0.4) is 0 Å². The van der Waals surface area contributed by atoms with Crippen LogP contribution in [0.25, 0.3) is 0 Å².